The van der Waals surface area contributed by atoms with Crippen LogP contribution in [0.4, 0.5) is 10.5 Å². The molecular formula is C36H35N3O4. The van der Waals surface area contributed by atoms with Crippen LogP contribution in [0, 0.1) is 0 Å². The van der Waals surface area contributed by atoms with E-state index < -0.39 is 12.0 Å². The van der Waals surface area contributed by atoms with Gasteiger partial charge in [0.25, 0.3) is 5.91 Å². The van der Waals surface area contributed by atoms with Gasteiger partial charge in [-0.1, -0.05) is 98.3 Å². The molecular weight excluding hydrogens is 538 g/mol. The van der Waals surface area contributed by atoms with Crippen LogP contribution in [0.2, 0.25) is 0 Å². The Morgan fingerprint density at radius 2 is 1.47 bits per heavy atom. The van der Waals surface area contributed by atoms with E-state index in [-0.39, 0.29) is 18.5 Å². The molecule has 4 aromatic carbocycles. The number of esters is 1. The minimum atomic E-state index is -0.776. The van der Waals surface area contributed by atoms with Crippen molar-refractivity contribution in [3.63, 3.8) is 0 Å². The maximum atomic E-state index is 13.5. The molecule has 1 aliphatic rings. The zero-order chi connectivity index (χ0) is 30.2. The molecule has 4 aromatic rings. The van der Waals surface area contributed by atoms with E-state index >= 15 is 0 Å². The second-order valence-corrected chi connectivity index (χ2v) is 10.3. The monoisotopic (exact) mass is 573 g/mol. The topological polar surface area (TPSA) is 87.7 Å². The Labute approximate surface area is 252 Å². The average molecular weight is 574 g/mol. The molecule has 0 fully saturated rings. The lowest BCUT2D eigenvalue weighted by Gasteiger charge is -2.37. The number of carbonyl (C=O) groups is 3. The van der Waals surface area contributed by atoms with E-state index in [4.69, 9.17) is 4.74 Å². The summed E-state index contributed by atoms with van der Waals surface area (Å²) in [5.74, 6) is -0.762. The number of rotatable bonds is 10. The normalized spacial score (nSPS) is 14.7. The van der Waals surface area contributed by atoms with Crippen molar-refractivity contribution in [3.8, 4) is 11.1 Å². The summed E-state index contributed by atoms with van der Waals surface area (Å²) in [6.07, 6.45) is 1.67. The second-order valence-electron chi connectivity index (χ2n) is 10.3. The second kappa shape index (κ2) is 13.7. The number of nitrogens with one attached hydrogen (secondary N) is 2. The maximum Gasteiger partial charge on any atom is 0.338 e. The van der Waals surface area contributed by atoms with Crippen LogP contribution in [0.25, 0.3) is 16.8 Å². The molecule has 7 nitrogen and oxygen atoms in total. The van der Waals surface area contributed by atoms with E-state index in [1.807, 2.05) is 78.9 Å². The highest BCUT2D eigenvalue weighted by atomic mass is 16.5. The van der Waals surface area contributed by atoms with Crippen LogP contribution in [0.15, 0.2) is 115 Å². The highest BCUT2D eigenvalue weighted by molar-refractivity contribution is 6.06. The van der Waals surface area contributed by atoms with E-state index in [1.165, 1.54) is 0 Å². The number of hydrogen-bond donors (Lipinski definition) is 2. The fourth-order valence-electron chi connectivity index (χ4n) is 5.21. The van der Waals surface area contributed by atoms with Crippen molar-refractivity contribution < 1.29 is 19.1 Å². The van der Waals surface area contributed by atoms with Gasteiger partial charge in [-0.05, 0) is 59.9 Å². The molecule has 3 amide bonds. The van der Waals surface area contributed by atoms with Gasteiger partial charge in [0.2, 0.25) is 0 Å². The maximum absolute atomic E-state index is 13.5. The van der Waals surface area contributed by atoms with Gasteiger partial charge in [0.1, 0.15) is 0 Å². The van der Waals surface area contributed by atoms with E-state index in [9.17, 15) is 14.4 Å². The van der Waals surface area contributed by atoms with Gasteiger partial charge in [0, 0.05) is 17.8 Å². The number of urea groups is 1. The van der Waals surface area contributed by atoms with Gasteiger partial charge in [-0.3, -0.25) is 9.69 Å². The van der Waals surface area contributed by atoms with Gasteiger partial charge < -0.3 is 15.4 Å². The number of ether oxygens (including phenoxy) is 1. The number of carbonyl (C=O) groups excluding carboxylic acids is 3. The van der Waals surface area contributed by atoms with Crippen molar-refractivity contribution in [1.82, 2.24) is 10.2 Å². The fraction of sp³-hybridized carbons (Fsp3) is 0.194. The highest BCUT2D eigenvalue weighted by Crippen LogP contribution is 2.37. The summed E-state index contributed by atoms with van der Waals surface area (Å²) in [5.41, 5.74) is 5.45. The number of benzene rings is 4. The van der Waals surface area contributed by atoms with Gasteiger partial charge in [-0.15, -0.1) is 0 Å². The van der Waals surface area contributed by atoms with Crippen LogP contribution in [0.1, 0.15) is 54.2 Å². The molecule has 0 spiro atoms. The van der Waals surface area contributed by atoms with Crippen LogP contribution in [-0.2, 0) is 9.53 Å². The first kappa shape index (κ1) is 29.3. The molecule has 0 saturated heterocycles. The van der Waals surface area contributed by atoms with Crippen molar-refractivity contribution in [3.05, 3.63) is 131 Å². The van der Waals surface area contributed by atoms with Crippen molar-refractivity contribution in [2.75, 3.05) is 18.5 Å². The Hall–Kier alpha value is -5.17. The minimum Gasteiger partial charge on any atom is -0.463 e. The molecule has 1 aliphatic heterocycles. The highest BCUT2D eigenvalue weighted by Gasteiger charge is 2.38. The van der Waals surface area contributed by atoms with Crippen LogP contribution in [-0.4, -0.2) is 36.0 Å². The molecule has 7 heteroatoms. The van der Waals surface area contributed by atoms with Crippen molar-refractivity contribution in [2.24, 2.45) is 0 Å². The smallest absolute Gasteiger partial charge is 0.338 e. The van der Waals surface area contributed by atoms with Crippen LogP contribution >= 0.6 is 0 Å². The standard InChI is InChI=1S/C36H35N3O4/c1-3-5-23-39-33(27-15-10-7-11-16-27)31(35(41)43-4-2)32(38-36(39)42)29-17-12-18-30(24-29)37-34(40)28-21-19-26(20-22-28)25-13-8-6-9-14-25/h6-22,24,32H,3-5,23H2,1-2H3,(H,37,40)(H,38,42)/t32-/m0/s1. The summed E-state index contributed by atoms with van der Waals surface area (Å²) in [5, 5.41) is 5.99. The minimum absolute atomic E-state index is 0.194. The van der Waals surface area contributed by atoms with Crippen LogP contribution in [0.3, 0.4) is 0 Å². The lowest BCUT2D eigenvalue weighted by Crippen LogP contribution is -2.48. The lowest BCUT2D eigenvalue weighted by molar-refractivity contribution is -0.138. The van der Waals surface area contributed by atoms with Gasteiger partial charge >= 0.3 is 12.0 Å². The van der Waals surface area contributed by atoms with E-state index in [2.05, 4.69) is 17.6 Å². The number of nitrogens with zero attached hydrogens (tertiary/aromatic N) is 1. The van der Waals surface area contributed by atoms with Crippen molar-refractivity contribution in [2.45, 2.75) is 32.7 Å². The Bertz CT molecular complexity index is 1620. The molecule has 0 aromatic heterocycles. The Morgan fingerprint density at radius 3 is 2.12 bits per heavy atom. The Kier molecular flexibility index (Phi) is 9.32. The molecule has 0 bridgehead atoms. The fourth-order valence-corrected chi connectivity index (χ4v) is 5.21. The molecule has 43 heavy (non-hydrogen) atoms. The predicted molar refractivity (Wildman–Crippen MR) is 169 cm³/mol. The molecule has 218 valence electrons. The quantitative estimate of drug-likeness (QED) is 0.193. The molecule has 1 heterocycles. The van der Waals surface area contributed by atoms with E-state index in [0.717, 1.165) is 29.5 Å². The summed E-state index contributed by atoms with van der Waals surface area (Å²) in [7, 11) is 0. The predicted octanol–water partition coefficient (Wildman–Crippen LogP) is 7.45. The zero-order valence-corrected chi connectivity index (χ0v) is 24.4. The van der Waals surface area contributed by atoms with Gasteiger partial charge in [0.05, 0.1) is 23.9 Å². The average Bonchev–Trinajstić information content (AvgIpc) is 3.05. The molecule has 2 N–H and O–H groups in total. The number of hydrogen-bond acceptors (Lipinski definition) is 4. The summed E-state index contributed by atoms with van der Waals surface area (Å²) >= 11 is 0. The van der Waals surface area contributed by atoms with Crippen molar-refractivity contribution >= 4 is 29.3 Å². The molecule has 0 saturated carbocycles. The summed E-state index contributed by atoms with van der Waals surface area (Å²) in [6.45, 7) is 4.47. The number of amides is 3. The lowest BCUT2D eigenvalue weighted by atomic mass is 9.91. The summed E-state index contributed by atoms with van der Waals surface area (Å²) in [4.78, 5) is 41.9. The van der Waals surface area contributed by atoms with Crippen LogP contribution < -0.4 is 10.6 Å². The molecule has 5 rings (SSSR count). The summed E-state index contributed by atoms with van der Waals surface area (Å²) < 4.78 is 5.52. The van der Waals surface area contributed by atoms with Crippen LogP contribution in [0.5, 0.6) is 0 Å². The first-order chi connectivity index (χ1) is 21.0. The SMILES string of the molecule is CCCCN1C(=O)N[C@@H](c2cccc(NC(=O)c3ccc(-c4ccccc4)cc3)c2)C(C(=O)OCC)=C1c1ccccc1. The van der Waals surface area contributed by atoms with Gasteiger partial charge in [0.15, 0.2) is 0 Å². The first-order valence-corrected chi connectivity index (χ1v) is 14.6. The third-order valence-corrected chi connectivity index (χ3v) is 7.34. The molecule has 0 aliphatic carbocycles. The Balaban J connectivity index is 1.48. The van der Waals surface area contributed by atoms with Crippen molar-refractivity contribution in [1.29, 1.82) is 0 Å². The van der Waals surface area contributed by atoms with E-state index in [0.29, 0.717) is 34.6 Å². The Morgan fingerprint density at radius 1 is 0.814 bits per heavy atom. The van der Waals surface area contributed by atoms with E-state index in [1.54, 1.807) is 42.2 Å². The third-order valence-electron chi connectivity index (χ3n) is 7.34. The summed E-state index contributed by atoms with van der Waals surface area (Å²) in [6, 6.07) is 33.0. The number of unbranched alkanes of at least 4 members (excludes halogenated alkanes) is 1. The number of anilines is 1. The largest absolute Gasteiger partial charge is 0.463 e. The zero-order valence-electron chi connectivity index (χ0n) is 24.4. The van der Waals surface area contributed by atoms with Gasteiger partial charge in [-0.25, -0.2) is 9.59 Å². The third kappa shape index (κ3) is 6.67. The molecule has 1 atom stereocenters. The first-order valence-electron chi connectivity index (χ1n) is 14.6. The molecule has 0 radical (unpaired) electrons. The van der Waals surface area contributed by atoms with Gasteiger partial charge in [-0.2, -0.15) is 0 Å². The molecule has 0 unspecified atom stereocenters.